The Morgan fingerprint density at radius 3 is 2.38 bits per heavy atom. The number of nitro groups is 1. The molecule has 0 unspecified atom stereocenters. The molecule has 0 aliphatic heterocycles. The van der Waals surface area contributed by atoms with Gasteiger partial charge in [0.05, 0.1) is 4.92 Å². The van der Waals surface area contributed by atoms with E-state index >= 15 is 0 Å². The molecule has 2 aromatic rings. The number of nitro benzene ring substituents is 1. The number of nitrogens with zero attached hydrogens (tertiary/aromatic N) is 1. The molecule has 6 nitrogen and oxygen atoms in total. The molecule has 2 rings (SSSR count). The lowest BCUT2D eigenvalue weighted by molar-refractivity contribution is -0.384. The van der Waals surface area contributed by atoms with Gasteiger partial charge in [-0.2, -0.15) is 0 Å². The van der Waals surface area contributed by atoms with Crippen LogP contribution in [0.2, 0.25) is 0 Å². The molecule has 0 aliphatic rings. The van der Waals surface area contributed by atoms with E-state index in [4.69, 9.17) is 4.74 Å². The van der Waals surface area contributed by atoms with Crippen molar-refractivity contribution in [3.63, 3.8) is 0 Å². The quantitative estimate of drug-likeness (QED) is 0.587. The number of benzene rings is 2. The molecule has 0 bridgehead atoms. The maximum Gasteiger partial charge on any atom is 0.269 e. The monoisotopic (exact) mass is 328 g/mol. The first-order valence-electron chi connectivity index (χ1n) is 7.84. The van der Waals surface area contributed by atoms with Crippen LogP contribution in [0, 0.1) is 10.1 Å². The molecular weight excluding hydrogens is 308 g/mol. The second-order valence-corrected chi connectivity index (χ2v) is 5.39. The van der Waals surface area contributed by atoms with Gasteiger partial charge in [-0.1, -0.05) is 25.5 Å². The van der Waals surface area contributed by atoms with Gasteiger partial charge in [0.15, 0.2) is 6.61 Å². The normalized spacial score (nSPS) is 10.2. The smallest absolute Gasteiger partial charge is 0.269 e. The number of carbonyl (C=O) groups is 1. The van der Waals surface area contributed by atoms with E-state index in [1.807, 2.05) is 24.3 Å². The molecule has 0 spiro atoms. The summed E-state index contributed by atoms with van der Waals surface area (Å²) >= 11 is 0. The molecule has 24 heavy (non-hydrogen) atoms. The van der Waals surface area contributed by atoms with Gasteiger partial charge in [0, 0.05) is 17.8 Å². The SMILES string of the molecule is CCCCc1ccc(NC(=O)COc2ccc([N+](=O)[O-])cc2)cc1. The molecule has 0 radical (unpaired) electrons. The Balaban J connectivity index is 1.81. The minimum Gasteiger partial charge on any atom is -0.484 e. The van der Waals surface area contributed by atoms with Crippen LogP contribution in [0.5, 0.6) is 5.75 Å². The summed E-state index contributed by atoms with van der Waals surface area (Å²) in [6.45, 7) is 1.99. The third kappa shape index (κ3) is 5.39. The second kappa shape index (κ2) is 8.67. The Morgan fingerprint density at radius 2 is 1.79 bits per heavy atom. The molecule has 126 valence electrons. The fourth-order valence-electron chi connectivity index (χ4n) is 2.15. The molecule has 0 fully saturated rings. The van der Waals surface area contributed by atoms with Crippen LogP contribution in [0.25, 0.3) is 0 Å². The summed E-state index contributed by atoms with van der Waals surface area (Å²) in [5.74, 6) is 0.125. The van der Waals surface area contributed by atoms with Crippen LogP contribution in [0.4, 0.5) is 11.4 Å². The maximum absolute atomic E-state index is 11.9. The van der Waals surface area contributed by atoms with Gasteiger partial charge in [0.1, 0.15) is 5.75 Å². The highest BCUT2D eigenvalue weighted by molar-refractivity contribution is 5.91. The minimum absolute atomic E-state index is 0.0186. The first-order chi connectivity index (χ1) is 11.6. The van der Waals surface area contributed by atoms with E-state index < -0.39 is 4.92 Å². The largest absolute Gasteiger partial charge is 0.484 e. The van der Waals surface area contributed by atoms with Crippen LogP contribution >= 0.6 is 0 Å². The zero-order valence-electron chi connectivity index (χ0n) is 13.5. The van der Waals surface area contributed by atoms with Crippen molar-refractivity contribution < 1.29 is 14.5 Å². The molecule has 1 N–H and O–H groups in total. The van der Waals surface area contributed by atoms with Crippen LogP contribution in [-0.2, 0) is 11.2 Å². The van der Waals surface area contributed by atoms with E-state index in [1.54, 1.807) is 0 Å². The Bertz CT molecular complexity index is 681. The molecule has 0 atom stereocenters. The highest BCUT2D eigenvalue weighted by atomic mass is 16.6. The lowest BCUT2D eigenvalue weighted by atomic mass is 10.1. The summed E-state index contributed by atoms with van der Waals surface area (Å²) in [4.78, 5) is 22.0. The zero-order valence-corrected chi connectivity index (χ0v) is 13.5. The van der Waals surface area contributed by atoms with Gasteiger partial charge in [-0.15, -0.1) is 0 Å². The molecule has 6 heteroatoms. The van der Waals surface area contributed by atoms with E-state index in [-0.39, 0.29) is 18.2 Å². The van der Waals surface area contributed by atoms with Crippen LogP contribution < -0.4 is 10.1 Å². The molecule has 0 aromatic heterocycles. The van der Waals surface area contributed by atoms with Gasteiger partial charge in [-0.3, -0.25) is 14.9 Å². The molecular formula is C18H20N2O4. The fourth-order valence-corrected chi connectivity index (χ4v) is 2.15. The van der Waals surface area contributed by atoms with Crippen LogP contribution in [0.1, 0.15) is 25.3 Å². The standard InChI is InChI=1S/C18H20N2O4/c1-2-3-4-14-5-7-15(8-6-14)19-18(21)13-24-17-11-9-16(10-12-17)20(22)23/h5-12H,2-4,13H2,1H3,(H,19,21). The fraction of sp³-hybridized carbons (Fsp3) is 0.278. The Kier molecular flexibility index (Phi) is 6.31. The first kappa shape index (κ1) is 17.5. The molecule has 0 aliphatic carbocycles. The maximum atomic E-state index is 11.9. The minimum atomic E-state index is -0.485. The number of non-ortho nitro benzene ring substituents is 1. The lowest BCUT2D eigenvalue weighted by Gasteiger charge is -2.08. The number of hydrogen-bond donors (Lipinski definition) is 1. The van der Waals surface area contributed by atoms with Crippen molar-refractivity contribution in [1.82, 2.24) is 0 Å². The number of rotatable bonds is 8. The molecule has 0 heterocycles. The van der Waals surface area contributed by atoms with Crippen molar-refractivity contribution in [1.29, 1.82) is 0 Å². The average Bonchev–Trinajstić information content (AvgIpc) is 2.59. The number of aryl methyl sites for hydroxylation is 1. The predicted octanol–water partition coefficient (Wildman–Crippen LogP) is 3.95. The summed E-state index contributed by atoms with van der Waals surface area (Å²) in [7, 11) is 0. The number of ether oxygens (including phenoxy) is 1. The molecule has 0 saturated carbocycles. The molecule has 0 saturated heterocycles. The van der Waals surface area contributed by atoms with Crippen molar-refractivity contribution in [3.05, 3.63) is 64.2 Å². The van der Waals surface area contributed by atoms with Crippen molar-refractivity contribution in [2.45, 2.75) is 26.2 Å². The number of nitrogens with one attached hydrogen (secondary N) is 1. The van der Waals surface area contributed by atoms with Gasteiger partial charge >= 0.3 is 0 Å². The summed E-state index contributed by atoms with van der Waals surface area (Å²) in [5, 5.41) is 13.3. The summed E-state index contributed by atoms with van der Waals surface area (Å²) < 4.78 is 5.32. The summed E-state index contributed by atoms with van der Waals surface area (Å²) in [5.41, 5.74) is 1.94. The molecule has 2 aromatic carbocycles. The third-order valence-corrected chi connectivity index (χ3v) is 3.47. The van der Waals surface area contributed by atoms with Gasteiger partial charge in [0.25, 0.3) is 11.6 Å². The third-order valence-electron chi connectivity index (χ3n) is 3.47. The number of carbonyl (C=O) groups excluding carboxylic acids is 1. The van der Waals surface area contributed by atoms with E-state index in [0.29, 0.717) is 11.4 Å². The van der Waals surface area contributed by atoms with Crippen LogP contribution in [0.15, 0.2) is 48.5 Å². The van der Waals surface area contributed by atoms with Crippen molar-refractivity contribution in [2.75, 3.05) is 11.9 Å². The van der Waals surface area contributed by atoms with E-state index in [9.17, 15) is 14.9 Å². The van der Waals surface area contributed by atoms with Crippen LogP contribution in [0.3, 0.4) is 0 Å². The summed E-state index contributed by atoms with van der Waals surface area (Å²) in [6, 6.07) is 13.3. The van der Waals surface area contributed by atoms with Crippen molar-refractivity contribution in [2.24, 2.45) is 0 Å². The Labute approximate surface area is 140 Å². The van der Waals surface area contributed by atoms with Crippen molar-refractivity contribution >= 4 is 17.3 Å². The van der Waals surface area contributed by atoms with Crippen molar-refractivity contribution in [3.8, 4) is 5.75 Å². The number of anilines is 1. The van der Waals surface area contributed by atoms with E-state index in [0.717, 1.165) is 19.3 Å². The van der Waals surface area contributed by atoms with Gasteiger partial charge in [-0.05, 0) is 42.7 Å². The lowest BCUT2D eigenvalue weighted by Crippen LogP contribution is -2.20. The first-order valence-corrected chi connectivity index (χ1v) is 7.84. The van der Waals surface area contributed by atoms with Gasteiger partial charge in [-0.25, -0.2) is 0 Å². The van der Waals surface area contributed by atoms with Gasteiger partial charge < -0.3 is 10.1 Å². The topological polar surface area (TPSA) is 81.5 Å². The van der Waals surface area contributed by atoms with Gasteiger partial charge in [0.2, 0.25) is 0 Å². The number of hydrogen-bond acceptors (Lipinski definition) is 4. The van der Waals surface area contributed by atoms with Crippen LogP contribution in [-0.4, -0.2) is 17.4 Å². The summed E-state index contributed by atoms with van der Waals surface area (Å²) in [6.07, 6.45) is 3.33. The highest BCUT2D eigenvalue weighted by Crippen LogP contribution is 2.17. The molecule has 1 amide bonds. The van der Waals surface area contributed by atoms with E-state index in [2.05, 4.69) is 12.2 Å². The Hall–Kier alpha value is -2.89. The highest BCUT2D eigenvalue weighted by Gasteiger charge is 2.07. The second-order valence-electron chi connectivity index (χ2n) is 5.39. The number of amides is 1. The Morgan fingerprint density at radius 1 is 1.12 bits per heavy atom. The predicted molar refractivity (Wildman–Crippen MR) is 92.3 cm³/mol. The zero-order chi connectivity index (χ0) is 17.4. The number of unbranched alkanes of at least 4 members (excludes halogenated alkanes) is 1. The average molecular weight is 328 g/mol. The van der Waals surface area contributed by atoms with E-state index in [1.165, 1.54) is 29.8 Å².